The van der Waals surface area contributed by atoms with E-state index in [2.05, 4.69) is 0 Å². The number of ether oxygens (including phenoxy) is 1. The zero-order valence-corrected chi connectivity index (χ0v) is 14.7. The van der Waals surface area contributed by atoms with E-state index < -0.39 is 12.1 Å². The molecule has 0 spiro atoms. The Bertz CT molecular complexity index is 741. The molecule has 23 heavy (non-hydrogen) atoms. The quantitative estimate of drug-likeness (QED) is 0.823. The van der Waals surface area contributed by atoms with Gasteiger partial charge in [-0.05, 0) is 61.2 Å². The van der Waals surface area contributed by atoms with Gasteiger partial charge in [-0.3, -0.25) is 0 Å². The molecule has 0 heterocycles. The molecular formula is C18H18Cl2O3. The van der Waals surface area contributed by atoms with Gasteiger partial charge in [0.05, 0.1) is 0 Å². The molecule has 0 saturated heterocycles. The Labute approximate surface area is 145 Å². The van der Waals surface area contributed by atoms with Crippen LogP contribution in [0.2, 0.25) is 10.0 Å². The zero-order chi connectivity index (χ0) is 17.1. The molecule has 1 atom stereocenters. The molecule has 3 nitrogen and oxygen atoms in total. The fraction of sp³-hybridized carbons (Fsp3) is 0.278. The number of aliphatic carboxylic acids is 1. The maximum Gasteiger partial charge on any atom is 0.345 e. The summed E-state index contributed by atoms with van der Waals surface area (Å²) in [6, 6.07) is 8.89. The minimum Gasteiger partial charge on any atom is -0.478 e. The average Bonchev–Trinajstić information content (AvgIpc) is 2.45. The number of benzene rings is 2. The van der Waals surface area contributed by atoms with E-state index in [0.717, 1.165) is 16.7 Å². The first-order chi connectivity index (χ1) is 10.8. The van der Waals surface area contributed by atoms with E-state index in [1.165, 1.54) is 0 Å². The molecule has 2 aromatic carbocycles. The predicted molar refractivity (Wildman–Crippen MR) is 92.9 cm³/mol. The third-order valence-electron chi connectivity index (χ3n) is 3.73. The predicted octanol–water partition coefficient (Wildman–Crippen LogP) is 4.99. The van der Waals surface area contributed by atoms with Gasteiger partial charge in [0.15, 0.2) is 6.10 Å². The first-order valence-electron chi connectivity index (χ1n) is 7.19. The van der Waals surface area contributed by atoms with E-state index in [9.17, 15) is 9.90 Å². The van der Waals surface area contributed by atoms with Gasteiger partial charge in [-0.1, -0.05) is 35.3 Å². The van der Waals surface area contributed by atoms with E-state index in [1.54, 1.807) is 18.2 Å². The standard InChI is InChI=1S/C18H18Cl2O3/c1-10-6-11(2)12(3)16(7-10)23-17(18(21)22)8-13-4-5-14(19)9-15(13)20/h4-7,9,17H,8H2,1-3H3,(H,21,22)/t17-/m1/s1. The highest BCUT2D eigenvalue weighted by atomic mass is 35.5. The van der Waals surface area contributed by atoms with Crippen LogP contribution in [0.1, 0.15) is 22.3 Å². The lowest BCUT2D eigenvalue weighted by Crippen LogP contribution is -2.30. The van der Waals surface area contributed by atoms with Crippen molar-refractivity contribution < 1.29 is 14.6 Å². The molecule has 0 bridgehead atoms. The van der Waals surface area contributed by atoms with Crippen LogP contribution in [0.5, 0.6) is 5.75 Å². The van der Waals surface area contributed by atoms with Gasteiger partial charge < -0.3 is 9.84 Å². The highest BCUT2D eigenvalue weighted by molar-refractivity contribution is 6.35. The fourth-order valence-electron chi connectivity index (χ4n) is 2.34. The molecule has 0 aromatic heterocycles. The van der Waals surface area contributed by atoms with Crippen molar-refractivity contribution in [3.63, 3.8) is 0 Å². The lowest BCUT2D eigenvalue weighted by Gasteiger charge is -2.19. The number of halogens is 2. The summed E-state index contributed by atoms with van der Waals surface area (Å²) < 4.78 is 5.77. The third kappa shape index (κ3) is 4.40. The molecule has 0 aliphatic heterocycles. The monoisotopic (exact) mass is 352 g/mol. The lowest BCUT2D eigenvalue weighted by molar-refractivity contribution is -0.145. The molecule has 0 saturated carbocycles. The van der Waals surface area contributed by atoms with Crippen LogP contribution >= 0.6 is 23.2 Å². The van der Waals surface area contributed by atoms with Crippen LogP contribution in [-0.4, -0.2) is 17.2 Å². The Morgan fingerprint density at radius 3 is 2.48 bits per heavy atom. The maximum absolute atomic E-state index is 11.6. The zero-order valence-electron chi connectivity index (χ0n) is 13.2. The number of carboxylic acid groups (broad SMARTS) is 1. The van der Waals surface area contributed by atoms with Gasteiger partial charge in [0.1, 0.15) is 5.75 Å². The molecule has 2 aromatic rings. The summed E-state index contributed by atoms with van der Waals surface area (Å²) in [6.07, 6.45) is -0.855. The average molecular weight is 353 g/mol. The Hall–Kier alpha value is -1.71. The fourth-order valence-corrected chi connectivity index (χ4v) is 2.83. The second-order valence-electron chi connectivity index (χ2n) is 5.59. The van der Waals surface area contributed by atoms with Crippen molar-refractivity contribution in [3.8, 4) is 5.75 Å². The Morgan fingerprint density at radius 1 is 1.17 bits per heavy atom. The van der Waals surface area contributed by atoms with Crippen LogP contribution < -0.4 is 4.74 Å². The van der Waals surface area contributed by atoms with Crippen molar-refractivity contribution in [2.24, 2.45) is 0 Å². The van der Waals surface area contributed by atoms with E-state index in [-0.39, 0.29) is 6.42 Å². The van der Waals surface area contributed by atoms with Gasteiger partial charge in [0.2, 0.25) is 0 Å². The van der Waals surface area contributed by atoms with Crippen LogP contribution in [0, 0.1) is 20.8 Å². The van der Waals surface area contributed by atoms with Crippen molar-refractivity contribution in [3.05, 3.63) is 62.6 Å². The molecule has 0 amide bonds. The Balaban J connectivity index is 2.28. The van der Waals surface area contributed by atoms with Gasteiger partial charge in [0, 0.05) is 16.5 Å². The van der Waals surface area contributed by atoms with E-state index in [4.69, 9.17) is 27.9 Å². The third-order valence-corrected chi connectivity index (χ3v) is 4.32. The van der Waals surface area contributed by atoms with Gasteiger partial charge in [0.25, 0.3) is 0 Å². The molecule has 0 aliphatic carbocycles. The first-order valence-corrected chi connectivity index (χ1v) is 7.94. The van der Waals surface area contributed by atoms with Crippen LogP contribution in [0.25, 0.3) is 0 Å². The molecular weight excluding hydrogens is 335 g/mol. The molecule has 0 unspecified atom stereocenters. The number of carboxylic acids is 1. The van der Waals surface area contributed by atoms with Crippen molar-refractivity contribution in [1.29, 1.82) is 0 Å². The number of aryl methyl sites for hydroxylation is 2. The van der Waals surface area contributed by atoms with E-state index >= 15 is 0 Å². The van der Waals surface area contributed by atoms with Crippen molar-refractivity contribution in [2.75, 3.05) is 0 Å². The molecule has 122 valence electrons. The smallest absolute Gasteiger partial charge is 0.345 e. The van der Waals surface area contributed by atoms with E-state index in [0.29, 0.717) is 21.4 Å². The normalized spacial score (nSPS) is 12.0. The highest BCUT2D eigenvalue weighted by Gasteiger charge is 2.22. The number of carbonyl (C=O) groups is 1. The van der Waals surface area contributed by atoms with Crippen LogP contribution in [0.3, 0.4) is 0 Å². The minimum atomic E-state index is -1.03. The van der Waals surface area contributed by atoms with Gasteiger partial charge in [-0.2, -0.15) is 0 Å². The van der Waals surface area contributed by atoms with Gasteiger partial charge >= 0.3 is 5.97 Å². The van der Waals surface area contributed by atoms with Gasteiger partial charge in [-0.15, -0.1) is 0 Å². The molecule has 2 rings (SSSR count). The van der Waals surface area contributed by atoms with Gasteiger partial charge in [-0.25, -0.2) is 4.79 Å². The second-order valence-corrected chi connectivity index (χ2v) is 6.43. The maximum atomic E-state index is 11.6. The minimum absolute atomic E-state index is 0.164. The summed E-state index contributed by atoms with van der Waals surface area (Å²) in [6.45, 7) is 5.84. The number of hydrogen-bond donors (Lipinski definition) is 1. The summed E-state index contributed by atoms with van der Waals surface area (Å²) in [4.78, 5) is 11.6. The summed E-state index contributed by atoms with van der Waals surface area (Å²) in [7, 11) is 0. The summed E-state index contributed by atoms with van der Waals surface area (Å²) >= 11 is 12.0. The Kier molecular flexibility index (Phi) is 5.55. The first kappa shape index (κ1) is 17.6. The molecule has 1 N–H and O–H groups in total. The highest BCUT2D eigenvalue weighted by Crippen LogP contribution is 2.27. The summed E-state index contributed by atoms with van der Waals surface area (Å²) in [5.74, 6) is -0.449. The summed E-state index contributed by atoms with van der Waals surface area (Å²) in [5.41, 5.74) is 3.71. The molecule has 0 aliphatic rings. The van der Waals surface area contributed by atoms with Crippen LogP contribution in [0.4, 0.5) is 0 Å². The van der Waals surface area contributed by atoms with Crippen LogP contribution in [0.15, 0.2) is 30.3 Å². The van der Waals surface area contributed by atoms with Crippen LogP contribution in [-0.2, 0) is 11.2 Å². The van der Waals surface area contributed by atoms with Crippen molar-refractivity contribution in [2.45, 2.75) is 33.3 Å². The van der Waals surface area contributed by atoms with Crippen molar-refractivity contribution in [1.82, 2.24) is 0 Å². The lowest BCUT2D eigenvalue weighted by atomic mass is 10.0. The largest absolute Gasteiger partial charge is 0.478 e. The van der Waals surface area contributed by atoms with E-state index in [1.807, 2.05) is 32.9 Å². The molecule has 0 radical (unpaired) electrons. The SMILES string of the molecule is Cc1cc(C)c(C)c(O[C@H](Cc2ccc(Cl)cc2Cl)C(=O)O)c1. The summed E-state index contributed by atoms with van der Waals surface area (Å²) in [5, 5.41) is 10.4. The second kappa shape index (κ2) is 7.24. The molecule has 5 heteroatoms. The number of rotatable bonds is 5. The topological polar surface area (TPSA) is 46.5 Å². The Morgan fingerprint density at radius 2 is 1.87 bits per heavy atom. The number of hydrogen-bond acceptors (Lipinski definition) is 2. The van der Waals surface area contributed by atoms with Crippen molar-refractivity contribution >= 4 is 29.2 Å². The molecule has 0 fully saturated rings.